The molecule has 0 atom stereocenters. The highest BCUT2D eigenvalue weighted by Crippen LogP contribution is 2.20. The standard InChI is InChI=1S/C26H22N2O3/c1-31-23-15-13-22(14-16-23)28-26(30)19-9-11-21(12-10-19)27-25(29)17-20-7-4-6-18-5-2-3-8-24(18)20/h2-16H,17H2,1H3,(H,27,29)(H,28,30). The summed E-state index contributed by atoms with van der Waals surface area (Å²) in [6, 6.07) is 27.9. The molecule has 2 amide bonds. The zero-order valence-electron chi connectivity index (χ0n) is 17.1. The summed E-state index contributed by atoms with van der Waals surface area (Å²) in [5.41, 5.74) is 2.80. The predicted octanol–water partition coefficient (Wildman–Crippen LogP) is 5.28. The first-order chi connectivity index (χ1) is 15.1. The van der Waals surface area contributed by atoms with E-state index >= 15 is 0 Å². The first-order valence-corrected chi connectivity index (χ1v) is 9.94. The molecule has 31 heavy (non-hydrogen) atoms. The Morgan fingerprint density at radius 3 is 2.13 bits per heavy atom. The van der Waals surface area contributed by atoms with Gasteiger partial charge in [-0.05, 0) is 64.9 Å². The summed E-state index contributed by atoms with van der Waals surface area (Å²) in [5, 5.41) is 7.92. The van der Waals surface area contributed by atoms with Crippen LogP contribution in [0.5, 0.6) is 5.75 Å². The molecule has 4 aromatic rings. The van der Waals surface area contributed by atoms with E-state index in [1.807, 2.05) is 42.5 Å². The minimum absolute atomic E-state index is 0.105. The molecule has 0 radical (unpaired) electrons. The summed E-state index contributed by atoms with van der Waals surface area (Å²) in [5.74, 6) is 0.396. The average Bonchev–Trinajstić information content (AvgIpc) is 2.80. The fourth-order valence-electron chi connectivity index (χ4n) is 3.41. The van der Waals surface area contributed by atoms with Crippen LogP contribution in [0.2, 0.25) is 0 Å². The Morgan fingerprint density at radius 1 is 0.742 bits per heavy atom. The van der Waals surface area contributed by atoms with Crippen molar-refractivity contribution >= 4 is 34.0 Å². The van der Waals surface area contributed by atoms with E-state index in [1.54, 1.807) is 55.6 Å². The Kier molecular flexibility index (Phi) is 5.94. The van der Waals surface area contributed by atoms with Crippen molar-refractivity contribution in [2.75, 3.05) is 17.7 Å². The van der Waals surface area contributed by atoms with Crippen molar-refractivity contribution in [1.29, 1.82) is 0 Å². The molecular formula is C26H22N2O3. The van der Waals surface area contributed by atoms with Gasteiger partial charge >= 0.3 is 0 Å². The van der Waals surface area contributed by atoms with E-state index < -0.39 is 0 Å². The molecule has 0 heterocycles. The highest BCUT2D eigenvalue weighted by Gasteiger charge is 2.09. The van der Waals surface area contributed by atoms with Crippen molar-refractivity contribution in [3.05, 3.63) is 102 Å². The molecule has 5 nitrogen and oxygen atoms in total. The number of hydrogen-bond acceptors (Lipinski definition) is 3. The summed E-state index contributed by atoms with van der Waals surface area (Å²) in [6.07, 6.45) is 0.279. The lowest BCUT2D eigenvalue weighted by Gasteiger charge is -2.09. The van der Waals surface area contributed by atoms with Crippen LogP contribution in [-0.4, -0.2) is 18.9 Å². The van der Waals surface area contributed by atoms with Gasteiger partial charge in [0.15, 0.2) is 0 Å². The lowest BCUT2D eigenvalue weighted by molar-refractivity contribution is -0.115. The van der Waals surface area contributed by atoms with E-state index in [2.05, 4.69) is 10.6 Å². The molecule has 0 spiro atoms. The molecule has 5 heteroatoms. The van der Waals surface area contributed by atoms with Gasteiger partial charge in [-0.15, -0.1) is 0 Å². The van der Waals surface area contributed by atoms with Gasteiger partial charge in [0.2, 0.25) is 5.91 Å². The second kappa shape index (κ2) is 9.13. The quantitative estimate of drug-likeness (QED) is 0.454. The van der Waals surface area contributed by atoms with Gasteiger partial charge in [-0.3, -0.25) is 9.59 Å². The number of hydrogen-bond donors (Lipinski definition) is 2. The normalized spacial score (nSPS) is 10.5. The molecule has 0 unspecified atom stereocenters. The summed E-state index contributed by atoms with van der Waals surface area (Å²) >= 11 is 0. The van der Waals surface area contributed by atoms with Crippen molar-refractivity contribution in [2.24, 2.45) is 0 Å². The molecule has 0 aliphatic heterocycles. The predicted molar refractivity (Wildman–Crippen MR) is 124 cm³/mol. The zero-order valence-corrected chi connectivity index (χ0v) is 17.1. The van der Waals surface area contributed by atoms with Crippen molar-refractivity contribution < 1.29 is 14.3 Å². The molecule has 0 saturated heterocycles. The number of methoxy groups -OCH3 is 1. The van der Waals surface area contributed by atoms with Gasteiger partial charge in [0.1, 0.15) is 5.75 Å². The molecule has 0 saturated carbocycles. The minimum Gasteiger partial charge on any atom is -0.497 e. The minimum atomic E-state index is -0.223. The maximum absolute atomic E-state index is 12.5. The van der Waals surface area contributed by atoms with Gasteiger partial charge in [-0.25, -0.2) is 0 Å². The van der Waals surface area contributed by atoms with Crippen LogP contribution in [0.1, 0.15) is 15.9 Å². The van der Waals surface area contributed by atoms with E-state index in [0.717, 1.165) is 22.1 Å². The van der Waals surface area contributed by atoms with Crippen molar-refractivity contribution in [1.82, 2.24) is 0 Å². The zero-order chi connectivity index (χ0) is 21.6. The third kappa shape index (κ3) is 4.90. The number of fused-ring (bicyclic) bond motifs is 1. The van der Waals surface area contributed by atoms with Gasteiger partial charge in [0.25, 0.3) is 5.91 Å². The number of anilines is 2. The van der Waals surface area contributed by atoms with Crippen molar-refractivity contribution in [3.8, 4) is 5.75 Å². The third-order valence-electron chi connectivity index (χ3n) is 5.01. The van der Waals surface area contributed by atoms with Gasteiger partial charge in [0.05, 0.1) is 13.5 Å². The topological polar surface area (TPSA) is 67.4 Å². The Hall–Kier alpha value is -4.12. The summed E-state index contributed by atoms with van der Waals surface area (Å²) in [4.78, 5) is 25.0. The molecule has 2 N–H and O–H groups in total. The van der Waals surface area contributed by atoms with Crippen LogP contribution in [0.4, 0.5) is 11.4 Å². The number of amides is 2. The van der Waals surface area contributed by atoms with E-state index in [1.165, 1.54) is 0 Å². The Balaban J connectivity index is 1.38. The Morgan fingerprint density at radius 2 is 1.39 bits per heavy atom. The molecule has 154 valence electrons. The van der Waals surface area contributed by atoms with Crippen molar-refractivity contribution in [3.63, 3.8) is 0 Å². The maximum Gasteiger partial charge on any atom is 0.255 e. The fourth-order valence-corrected chi connectivity index (χ4v) is 3.41. The molecule has 0 aliphatic rings. The summed E-state index contributed by atoms with van der Waals surface area (Å²) in [7, 11) is 1.59. The van der Waals surface area contributed by atoms with Crippen LogP contribution in [0.15, 0.2) is 91.0 Å². The average molecular weight is 410 g/mol. The molecular weight excluding hydrogens is 388 g/mol. The molecule has 4 rings (SSSR count). The maximum atomic E-state index is 12.5. The SMILES string of the molecule is COc1ccc(NC(=O)c2ccc(NC(=O)Cc3cccc4ccccc34)cc2)cc1. The van der Waals surface area contributed by atoms with Crippen LogP contribution in [0.3, 0.4) is 0 Å². The number of ether oxygens (including phenoxy) is 1. The van der Waals surface area contributed by atoms with Gasteiger partial charge < -0.3 is 15.4 Å². The third-order valence-corrected chi connectivity index (χ3v) is 5.01. The van der Waals surface area contributed by atoms with Gasteiger partial charge in [-0.1, -0.05) is 42.5 Å². The van der Waals surface area contributed by atoms with Crippen LogP contribution >= 0.6 is 0 Å². The van der Waals surface area contributed by atoms with Crippen molar-refractivity contribution in [2.45, 2.75) is 6.42 Å². The highest BCUT2D eigenvalue weighted by atomic mass is 16.5. The fraction of sp³-hybridized carbons (Fsp3) is 0.0769. The number of carbonyl (C=O) groups is 2. The van der Waals surface area contributed by atoms with E-state index in [0.29, 0.717) is 16.9 Å². The van der Waals surface area contributed by atoms with E-state index in [9.17, 15) is 9.59 Å². The van der Waals surface area contributed by atoms with Gasteiger partial charge in [-0.2, -0.15) is 0 Å². The number of nitrogens with one attached hydrogen (secondary N) is 2. The smallest absolute Gasteiger partial charge is 0.255 e. The summed E-state index contributed by atoms with van der Waals surface area (Å²) in [6.45, 7) is 0. The first-order valence-electron chi connectivity index (χ1n) is 9.94. The molecule has 4 aromatic carbocycles. The second-order valence-corrected chi connectivity index (χ2v) is 7.12. The largest absolute Gasteiger partial charge is 0.497 e. The monoisotopic (exact) mass is 410 g/mol. The molecule has 0 fully saturated rings. The second-order valence-electron chi connectivity index (χ2n) is 7.12. The molecule has 0 aromatic heterocycles. The number of benzene rings is 4. The van der Waals surface area contributed by atoms with Crippen LogP contribution in [0, 0.1) is 0 Å². The molecule has 0 aliphatic carbocycles. The van der Waals surface area contributed by atoms with Gasteiger partial charge in [0, 0.05) is 16.9 Å². The molecule has 0 bridgehead atoms. The summed E-state index contributed by atoms with van der Waals surface area (Å²) < 4.78 is 5.11. The lowest BCUT2D eigenvalue weighted by atomic mass is 10.0. The van der Waals surface area contributed by atoms with E-state index in [-0.39, 0.29) is 18.2 Å². The van der Waals surface area contributed by atoms with Crippen LogP contribution in [0.25, 0.3) is 10.8 Å². The van der Waals surface area contributed by atoms with Crippen LogP contribution < -0.4 is 15.4 Å². The number of rotatable bonds is 6. The highest BCUT2D eigenvalue weighted by molar-refractivity contribution is 6.04. The van der Waals surface area contributed by atoms with Crippen LogP contribution in [-0.2, 0) is 11.2 Å². The Labute approximate surface area is 180 Å². The number of carbonyl (C=O) groups excluding carboxylic acids is 2. The Bertz CT molecular complexity index is 1210. The first kappa shape index (κ1) is 20.2. The lowest BCUT2D eigenvalue weighted by Crippen LogP contribution is -2.15. The van der Waals surface area contributed by atoms with E-state index in [4.69, 9.17) is 4.74 Å².